The van der Waals surface area contributed by atoms with Crippen LogP contribution in [0.15, 0.2) is 0 Å². The van der Waals surface area contributed by atoms with Gasteiger partial charge < -0.3 is 14.4 Å². The van der Waals surface area contributed by atoms with Crippen molar-refractivity contribution in [3.05, 3.63) is 0 Å². The molecule has 1 aliphatic rings. The van der Waals surface area contributed by atoms with E-state index in [0.29, 0.717) is 6.42 Å². The van der Waals surface area contributed by atoms with Crippen molar-refractivity contribution in [2.45, 2.75) is 39.7 Å². The monoisotopic (exact) mass is 299 g/mol. The van der Waals surface area contributed by atoms with E-state index in [1.54, 1.807) is 13.8 Å². The van der Waals surface area contributed by atoms with Gasteiger partial charge >= 0.3 is 11.9 Å². The highest BCUT2D eigenvalue weighted by Gasteiger charge is 2.55. The summed E-state index contributed by atoms with van der Waals surface area (Å²) in [7, 11) is 0. The molecular weight excluding hydrogens is 278 g/mol. The van der Waals surface area contributed by atoms with Gasteiger partial charge in [0.25, 0.3) is 5.91 Å². The van der Waals surface area contributed by atoms with Crippen LogP contribution in [0.1, 0.15) is 33.6 Å². The zero-order valence-electron chi connectivity index (χ0n) is 12.6. The van der Waals surface area contributed by atoms with Crippen LogP contribution in [0.25, 0.3) is 0 Å². The number of unbranched alkanes of at least 4 members (excludes halogenated alkanes) is 1. The molecule has 0 saturated carbocycles. The van der Waals surface area contributed by atoms with Gasteiger partial charge in [-0.1, -0.05) is 13.3 Å². The maximum atomic E-state index is 12.1. The average Bonchev–Trinajstić information content (AvgIpc) is 2.70. The Morgan fingerprint density at radius 3 is 2.14 bits per heavy atom. The molecule has 0 radical (unpaired) electrons. The van der Waals surface area contributed by atoms with Crippen LogP contribution in [-0.4, -0.2) is 54.3 Å². The average molecular weight is 299 g/mol. The summed E-state index contributed by atoms with van der Waals surface area (Å²) >= 11 is 0. The fourth-order valence-corrected chi connectivity index (χ4v) is 2.25. The minimum Gasteiger partial charge on any atom is -0.465 e. The Morgan fingerprint density at radius 2 is 1.62 bits per heavy atom. The first-order valence-corrected chi connectivity index (χ1v) is 7.17. The van der Waals surface area contributed by atoms with E-state index in [1.165, 1.54) is 0 Å². The van der Waals surface area contributed by atoms with Gasteiger partial charge in [0, 0.05) is 6.54 Å². The highest BCUT2D eigenvalue weighted by atomic mass is 16.5. The molecule has 0 unspecified atom stereocenters. The molecule has 7 heteroatoms. The van der Waals surface area contributed by atoms with Crippen LogP contribution in [-0.2, 0) is 28.7 Å². The van der Waals surface area contributed by atoms with E-state index in [2.05, 4.69) is 0 Å². The molecule has 1 fully saturated rings. The number of Topliss-reactive ketones (excluding diaryl/α,β-unsaturated/α-hetero) is 1. The Hall–Kier alpha value is -1.92. The van der Waals surface area contributed by atoms with Crippen LogP contribution >= 0.6 is 0 Å². The van der Waals surface area contributed by atoms with Gasteiger partial charge in [-0.2, -0.15) is 0 Å². The van der Waals surface area contributed by atoms with Crippen LogP contribution in [0.4, 0.5) is 0 Å². The number of hydrogen-bond acceptors (Lipinski definition) is 6. The lowest BCUT2D eigenvalue weighted by atomic mass is 9.99. The molecule has 2 atom stereocenters. The first-order chi connectivity index (χ1) is 9.99. The molecule has 0 aromatic rings. The lowest BCUT2D eigenvalue weighted by Gasteiger charge is -2.24. The van der Waals surface area contributed by atoms with Crippen molar-refractivity contribution in [3.8, 4) is 0 Å². The van der Waals surface area contributed by atoms with Gasteiger partial charge in [-0.15, -0.1) is 0 Å². The van der Waals surface area contributed by atoms with Crippen molar-refractivity contribution >= 4 is 23.6 Å². The lowest BCUT2D eigenvalue weighted by molar-refractivity contribution is -0.160. The molecule has 1 saturated heterocycles. The second-order valence-electron chi connectivity index (χ2n) is 4.64. The van der Waals surface area contributed by atoms with Crippen LogP contribution in [0.5, 0.6) is 0 Å². The molecule has 1 rings (SSSR count). The van der Waals surface area contributed by atoms with Gasteiger partial charge in [0.1, 0.15) is 0 Å². The maximum absolute atomic E-state index is 12.1. The van der Waals surface area contributed by atoms with Crippen molar-refractivity contribution in [1.29, 1.82) is 0 Å². The molecule has 1 heterocycles. The van der Waals surface area contributed by atoms with Crippen molar-refractivity contribution in [1.82, 2.24) is 4.90 Å². The van der Waals surface area contributed by atoms with Crippen LogP contribution in [0, 0.1) is 5.92 Å². The van der Waals surface area contributed by atoms with Crippen molar-refractivity contribution in [3.63, 3.8) is 0 Å². The summed E-state index contributed by atoms with van der Waals surface area (Å²) in [6.07, 6.45) is 1.42. The van der Waals surface area contributed by atoms with E-state index >= 15 is 0 Å². The van der Waals surface area contributed by atoms with Crippen molar-refractivity contribution in [2.75, 3.05) is 19.8 Å². The maximum Gasteiger partial charge on any atom is 0.330 e. The summed E-state index contributed by atoms with van der Waals surface area (Å²) < 4.78 is 9.71. The summed E-state index contributed by atoms with van der Waals surface area (Å²) in [6.45, 7) is 5.54. The smallest absolute Gasteiger partial charge is 0.330 e. The summed E-state index contributed by atoms with van der Waals surface area (Å²) in [4.78, 5) is 49.1. The van der Waals surface area contributed by atoms with Gasteiger partial charge in [0.2, 0.25) is 5.78 Å². The largest absolute Gasteiger partial charge is 0.465 e. The van der Waals surface area contributed by atoms with Gasteiger partial charge in [-0.3, -0.25) is 14.4 Å². The Bertz CT molecular complexity index is 433. The molecule has 0 aromatic heterocycles. The molecular formula is C14H21NO6. The first-order valence-electron chi connectivity index (χ1n) is 7.17. The summed E-state index contributed by atoms with van der Waals surface area (Å²) in [5.41, 5.74) is 0. The number of esters is 2. The molecule has 0 bridgehead atoms. The number of rotatable bonds is 7. The molecule has 0 spiro atoms. The quantitative estimate of drug-likeness (QED) is 0.382. The normalized spacial score (nSPS) is 21.6. The zero-order chi connectivity index (χ0) is 16.0. The minimum atomic E-state index is -1.42. The van der Waals surface area contributed by atoms with E-state index in [1.807, 2.05) is 6.92 Å². The minimum absolute atomic E-state index is 0.0707. The number of amides is 1. The fraction of sp³-hybridized carbons (Fsp3) is 0.714. The molecule has 1 aliphatic heterocycles. The third-order valence-electron chi connectivity index (χ3n) is 3.23. The number of ether oxygens (including phenoxy) is 2. The van der Waals surface area contributed by atoms with Crippen molar-refractivity contribution < 1.29 is 28.7 Å². The van der Waals surface area contributed by atoms with E-state index in [0.717, 1.165) is 11.3 Å². The Labute approximate surface area is 123 Å². The highest BCUT2D eigenvalue weighted by molar-refractivity contribution is 6.43. The number of hydrogen-bond donors (Lipinski definition) is 0. The second-order valence-corrected chi connectivity index (χ2v) is 4.64. The third-order valence-corrected chi connectivity index (χ3v) is 3.23. The fourth-order valence-electron chi connectivity index (χ4n) is 2.25. The number of ketones is 1. The highest BCUT2D eigenvalue weighted by Crippen LogP contribution is 2.26. The Balaban J connectivity index is 3.07. The summed E-state index contributed by atoms with van der Waals surface area (Å²) in [5, 5.41) is 0. The molecule has 7 nitrogen and oxygen atoms in total. The first kappa shape index (κ1) is 17.1. The molecule has 1 amide bonds. The Kier molecular flexibility index (Phi) is 6.33. The molecule has 21 heavy (non-hydrogen) atoms. The van der Waals surface area contributed by atoms with E-state index in [9.17, 15) is 19.2 Å². The molecule has 118 valence electrons. The van der Waals surface area contributed by atoms with E-state index < -0.39 is 35.6 Å². The predicted octanol–water partition coefficient (Wildman–Crippen LogP) is 0.309. The summed E-state index contributed by atoms with van der Waals surface area (Å²) in [5.74, 6) is -4.74. The number of nitrogens with zero attached hydrogens (tertiary/aromatic N) is 1. The predicted molar refractivity (Wildman–Crippen MR) is 72.2 cm³/mol. The van der Waals surface area contributed by atoms with Gasteiger partial charge in [0.15, 0.2) is 12.0 Å². The lowest BCUT2D eigenvalue weighted by Crippen LogP contribution is -2.45. The van der Waals surface area contributed by atoms with Gasteiger partial charge in [-0.05, 0) is 20.3 Å². The van der Waals surface area contributed by atoms with Gasteiger partial charge in [-0.25, -0.2) is 4.79 Å². The molecule has 0 N–H and O–H groups in total. The Morgan fingerprint density at radius 1 is 1.05 bits per heavy atom. The third kappa shape index (κ3) is 3.59. The van der Waals surface area contributed by atoms with Crippen LogP contribution < -0.4 is 0 Å². The van der Waals surface area contributed by atoms with Crippen LogP contribution in [0.3, 0.4) is 0 Å². The summed E-state index contributed by atoms with van der Waals surface area (Å²) in [6, 6.07) is -1.21. The standard InChI is InChI=1S/C14H21NO6/c1-4-7-8-15-10(14(19)21-6-3)9(11(16)12(15)17)13(18)20-5-2/h9-10H,4-8H2,1-3H3/t9-,10-/m1/s1. The second kappa shape index (κ2) is 7.75. The molecule has 0 aliphatic carbocycles. The number of carbonyl (C=O) groups excluding carboxylic acids is 4. The van der Waals surface area contributed by atoms with E-state index in [-0.39, 0.29) is 19.8 Å². The topological polar surface area (TPSA) is 90.0 Å². The van der Waals surface area contributed by atoms with Gasteiger partial charge in [0.05, 0.1) is 13.2 Å². The van der Waals surface area contributed by atoms with E-state index in [4.69, 9.17) is 9.47 Å². The zero-order valence-corrected chi connectivity index (χ0v) is 12.6. The number of likely N-dealkylation sites (tertiary alicyclic amines) is 1. The van der Waals surface area contributed by atoms with Crippen LogP contribution in [0.2, 0.25) is 0 Å². The van der Waals surface area contributed by atoms with Crippen molar-refractivity contribution in [2.24, 2.45) is 5.92 Å². The SMILES string of the molecule is CCCCN1C(=O)C(=O)[C@H](C(=O)OCC)[C@@H]1C(=O)OCC. The molecule has 0 aromatic carbocycles. The number of carbonyl (C=O) groups is 4.